The molecule has 0 bridgehead atoms. The topological polar surface area (TPSA) is 43.7 Å². The van der Waals surface area contributed by atoms with E-state index in [0.717, 1.165) is 38.3 Å². The number of hydrogen-bond acceptors (Lipinski definition) is 3. The fourth-order valence-electron chi connectivity index (χ4n) is 3.59. The Kier molecular flexibility index (Phi) is 4.45. The highest BCUT2D eigenvalue weighted by Gasteiger charge is 2.35. The summed E-state index contributed by atoms with van der Waals surface area (Å²) in [5.74, 6) is 1.76. The van der Waals surface area contributed by atoms with Crippen LogP contribution in [0.2, 0.25) is 0 Å². The summed E-state index contributed by atoms with van der Waals surface area (Å²) in [6.07, 6.45) is 4.33. The molecule has 1 saturated heterocycles. The second-order valence-electron chi connectivity index (χ2n) is 6.26. The summed E-state index contributed by atoms with van der Waals surface area (Å²) < 4.78 is 0. The maximum atomic E-state index is 10.1. The lowest BCUT2D eigenvalue weighted by Crippen LogP contribution is -2.43. The number of likely N-dealkylation sites (tertiary alicyclic amines) is 1. The molecule has 100 valence electrons. The molecule has 5 atom stereocenters. The first kappa shape index (κ1) is 13.3. The van der Waals surface area contributed by atoms with E-state index in [2.05, 4.69) is 18.7 Å². The number of rotatable bonds is 3. The molecule has 0 radical (unpaired) electrons. The molecule has 1 aliphatic heterocycles. The second kappa shape index (κ2) is 5.68. The minimum Gasteiger partial charge on any atom is -0.395 e. The average Bonchev–Trinajstić information content (AvgIpc) is 2.64. The van der Waals surface area contributed by atoms with Crippen molar-refractivity contribution in [1.82, 2.24) is 4.90 Å². The van der Waals surface area contributed by atoms with E-state index in [-0.39, 0.29) is 12.7 Å². The second-order valence-corrected chi connectivity index (χ2v) is 6.26. The highest BCUT2D eigenvalue weighted by atomic mass is 16.3. The summed E-state index contributed by atoms with van der Waals surface area (Å²) in [4.78, 5) is 2.40. The van der Waals surface area contributed by atoms with Crippen LogP contribution in [0, 0.1) is 17.8 Å². The molecular weight excluding hydrogens is 214 g/mol. The first-order valence-electron chi connectivity index (χ1n) is 7.14. The molecule has 0 aromatic rings. The van der Waals surface area contributed by atoms with Gasteiger partial charge in [-0.3, -0.25) is 4.90 Å². The Morgan fingerprint density at radius 1 is 1.18 bits per heavy atom. The molecule has 5 unspecified atom stereocenters. The van der Waals surface area contributed by atoms with Crippen molar-refractivity contribution in [2.24, 2.45) is 17.8 Å². The lowest BCUT2D eigenvalue weighted by atomic mass is 9.80. The van der Waals surface area contributed by atoms with Crippen LogP contribution in [-0.4, -0.2) is 47.0 Å². The third kappa shape index (κ3) is 3.01. The molecule has 2 fully saturated rings. The molecule has 0 aromatic carbocycles. The van der Waals surface area contributed by atoms with Gasteiger partial charge < -0.3 is 10.2 Å². The molecule has 2 aliphatic rings. The molecule has 2 N–H and O–H groups in total. The van der Waals surface area contributed by atoms with Crippen LogP contribution in [0.4, 0.5) is 0 Å². The van der Waals surface area contributed by atoms with Crippen molar-refractivity contribution in [2.45, 2.75) is 51.7 Å². The van der Waals surface area contributed by atoms with Crippen molar-refractivity contribution in [2.75, 3.05) is 19.7 Å². The Morgan fingerprint density at radius 3 is 2.65 bits per heavy atom. The van der Waals surface area contributed by atoms with Gasteiger partial charge in [-0.15, -0.1) is 0 Å². The molecule has 2 rings (SSSR count). The zero-order valence-electron chi connectivity index (χ0n) is 11.2. The van der Waals surface area contributed by atoms with E-state index in [9.17, 15) is 10.2 Å². The van der Waals surface area contributed by atoms with E-state index in [4.69, 9.17) is 0 Å². The first-order chi connectivity index (χ1) is 8.11. The molecule has 0 spiro atoms. The molecule has 3 nitrogen and oxygen atoms in total. The molecule has 3 heteroatoms. The van der Waals surface area contributed by atoms with E-state index in [1.54, 1.807) is 0 Å². The van der Waals surface area contributed by atoms with Gasteiger partial charge in [-0.1, -0.05) is 13.8 Å². The molecule has 1 saturated carbocycles. The highest BCUT2D eigenvalue weighted by molar-refractivity contribution is 4.88. The Hall–Kier alpha value is -0.120. The van der Waals surface area contributed by atoms with Gasteiger partial charge >= 0.3 is 0 Å². The lowest BCUT2D eigenvalue weighted by molar-refractivity contribution is 0.0203. The van der Waals surface area contributed by atoms with Crippen LogP contribution in [-0.2, 0) is 0 Å². The number of aliphatic hydroxyl groups excluding tert-OH is 2. The normalized spacial score (nSPS) is 44.1. The smallest absolute Gasteiger partial charge is 0.0589 e. The van der Waals surface area contributed by atoms with Crippen LogP contribution in [0.25, 0.3) is 0 Å². The Morgan fingerprint density at radius 2 is 1.94 bits per heavy atom. The summed E-state index contributed by atoms with van der Waals surface area (Å²) in [6.45, 7) is 6.83. The van der Waals surface area contributed by atoms with Crippen LogP contribution in [0.15, 0.2) is 0 Å². The summed E-state index contributed by atoms with van der Waals surface area (Å²) in [6, 6.07) is 0.319. The van der Waals surface area contributed by atoms with Crippen LogP contribution in [0.5, 0.6) is 0 Å². The fourth-order valence-corrected chi connectivity index (χ4v) is 3.59. The zero-order chi connectivity index (χ0) is 12.4. The van der Waals surface area contributed by atoms with E-state index >= 15 is 0 Å². The first-order valence-corrected chi connectivity index (χ1v) is 7.14. The minimum absolute atomic E-state index is 0.124. The summed E-state index contributed by atoms with van der Waals surface area (Å²) in [7, 11) is 0. The Labute approximate surface area is 105 Å². The lowest BCUT2D eigenvalue weighted by Gasteiger charge is -2.36. The van der Waals surface area contributed by atoms with Gasteiger partial charge in [-0.05, 0) is 50.0 Å². The summed E-state index contributed by atoms with van der Waals surface area (Å²) >= 11 is 0. The Balaban J connectivity index is 1.91. The van der Waals surface area contributed by atoms with Gasteiger partial charge in [0.15, 0.2) is 0 Å². The molecule has 1 aliphatic carbocycles. The number of aliphatic hydroxyl groups is 2. The van der Waals surface area contributed by atoms with Gasteiger partial charge in [0, 0.05) is 12.6 Å². The third-order valence-corrected chi connectivity index (χ3v) is 4.86. The molecule has 1 heterocycles. The van der Waals surface area contributed by atoms with E-state index in [0.29, 0.717) is 17.9 Å². The predicted octanol–water partition coefficient (Wildman–Crippen LogP) is 1.49. The van der Waals surface area contributed by atoms with Gasteiger partial charge in [0.25, 0.3) is 0 Å². The number of nitrogens with zero attached hydrogens (tertiary/aromatic N) is 1. The monoisotopic (exact) mass is 241 g/mol. The summed E-state index contributed by atoms with van der Waals surface area (Å²) in [5, 5.41) is 19.5. The van der Waals surface area contributed by atoms with Gasteiger partial charge in [0.1, 0.15) is 0 Å². The largest absolute Gasteiger partial charge is 0.395 e. The van der Waals surface area contributed by atoms with Crippen molar-refractivity contribution in [3.63, 3.8) is 0 Å². The predicted molar refractivity (Wildman–Crippen MR) is 68.7 cm³/mol. The standard InChI is InChI=1S/C14H27NO2/c1-10-3-4-14(17)12(7-10)8-15-6-5-11(2)13(15)9-16/h10-14,16-17H,3-9H2,1-2H3. The minimum atomic E-state index is -0.124. The van der Waals surface area contributed by atoms with Gasteiger partial charge in [0.2, 0.25) is 0 Å². The average molecular weight is 241 g/mol. The molecular formula is C14H27NO2. The van der Waals surface area contributed by atoms with Crippen LogP contribution < -0.4 is 0 Å². The molecule has 0 amide bonds. The highest BCUT2D eigenvalue weighted by Crippen LogP contribution is 2.32. The van der Waals surface area contributed by atoms with Gasteiger partial charge in [-0.2, -0.15) is 0 Å². The Bertz CT molecular complexity index is 246. The van der Waals surface area contributed by atoms with E-state index in [1.807, 2.05) is 0 Å². The van der Waals surface area contributed by atoms with Crippen LogP contribution >= 0.6 is 0 Å². The van der Waals surface area contributed by atoms with Crippen molar-refractivity contribution in [1.29, 1.82) is 0 Å². The fraction of sp³-hybridized carbons (Fsp3) is 1.00. The van der Waals surface area contributed by atoms with Crippen molar-refractivity contribution in [3.05, 3.63) is 0 Å². The van der Waals surface area contributed by atoms with Gasteiger partial charge in [0.05, 0.1) is 12.7 Å². The molecule has 17 heavy (non-hydrogen) atoms. The molecule has 0 aromatic heterocycles. The maximum Gasteiger partial charge on any atom is 0.0589 e. The van der Waals surface area contributed by atoms with E-state index in [1.165, 1.54) is 6.42 Å². The van der Waals surface area contributed by atoms with E-state index < -0.39 is 0 Å². The zero-order valence-corrected chi connectivity index (χ0v) is 11.2. The van der Waals surface area contributed by atoms with Crippen molar-refractivity contribution < 1.29 is 10.2 Å². The maximum absolute atomic E-state index is 10.1. The van der Waals surface area contributed by atoms with Crippen molar-refractivity contribution >= 4 is 0 Å². The van der Waals surface area contributed by atoms with Crippen LogP contribution in [0.3, 0.4) is 0 Å². The summed E-state index contributed by atoms with van der Waals surface area (Å²) in [5.41, 5.74) is 0. The number of hydrogen-bond donors (Lipinski definition) is 2. The third-order valence-electron chi connectivity index (χ3n) is 4.86. The van der Waals surface area contributed by atoms with Gasteiger partial charge in [-0.25, -0.2) is 0 Å². The quantitative estimate of drug-likeness (QED) is 0.787. The van der Waals surface area contributed by atoms with Crippen LogP contribution in [0.1, 0.15) is 39.5 Å². The SMILES string of the molecule is CC1CCC(O)C(CN2CCC(C)C2CO)C1. The van der Waals surface area contributed by atoms with Crippen molar-refractivity contribution in [3.8, 4) is 0 Å².